The minimum atomic E-state index is -0.0536. The van der Waals surface area contributed by atoms with E-state index in [9.17, 15) is 4.79 Å². The van der Waals surface area contributed by atoms with Crippen molar-refractivity contribution in [2.75, 3.05) is 18.4 Å². The largest absolute Gasteiger partial charge is 0.326 e. The van der Waals surface area contributed by atoms with Gasteiger partial charge in [0.1, 0.15) is 5.01 Å². The molecule has 1 saturated heterocycles. The summed E-state index contributed by atoms with van der Waals surface area (Å²) >= 11 is 7.48. The Morgan fingerprint density at radius 1 is 1.22 bits per heavy atom. The molecule has 1 aliphatic rings. The maximum absolute atomic E-state index is 12.1. The van der Waals surface area contributed by atoms with E-state index < -0.39 is 0 Å². The highest BCUT2D eigenvalue weighted by atomic mass is 35.5. The molecule has 4 nitrogen and oxygen atoms in total. The van der Waals surface area contributed by atoms with E-state index >= 15 is 0 Å². The number of amides is 1. The zero-order valence-corrected chi connectivity index (χ0v) is 14.5. The Kier molecular flexibility index (Phi) is 5.65. The topological polar surface area (TPSA) is 45.2 Å². The predicted octanol–water partition coefficient (Wildman–Crippen LogP) is 3.96. The molecule has 1 aromatic heterocycles. The van der Waals surface area contributed by atoms with Crippen molar-refractivity contribution in [1.82, 2.24) is 9.88 Å². The summed E-state index contributed by atoms with van der Waals surface area (Å²) in [6.45, 7) is 3.22. The van der Waals surface area contributed by atoms with Crippen LogP contribution in [-0.4, -0.2) is 28.9 Å². The fourth-order valence-electron chi connectivity index (χ4n) is 2.71. The second-order valence-corrected chi connectivity index (χ2v) is 7.18. The highest BCUT2D eigenvalue weighted by Crippen LogP contribution is 2.17. The minimum absolute atomic E-state index is 0.0536. The smallest absolute Gasteiger partial charge is 0.230 e. The summed E-state index contributed by atoms with van der Waals surface area (Å²) in [6.07, 6.45) is 4.20. The normalized spacial score (nSPS) is 15.5. The van der Waals surface area contributed by atoms with Crippen molar-refractivity contribution in [2.24, 2.45) is 0 Å². The molecule has 23 heavy (non-hydrogen) atoms. The third-order valence-corrected chi connectivity index (χ3v) is 5.01. The van der Waals surface area contributed by atoms with Crippen molar-refractivity contribution in [3.05, 3.63) is 45.4 Å². The van der Waals surface area contributed by atoms with Gasteiger partial charge >= 0.3 is 0 Å². The van der Waals surface area contributed by atoms with Crippen molar-refractivity contribution in [3.63, 3.8) is 0 Å². The maximum atomic E-state index is 12.1. The van der Waals surface area contributed by atoms with E-state index in [4.69, 9.17) is 11.6 Å². The first kappa shape index (κ1) is 16.4. The van der Waals surface area contributed by atoms with Crippen molar-refractivity contribution in [1.29, 1.82) is 0 Å². The lowest BCUT2D eigenvalue weighted by molar-refractivity contribution is -0.115. The van der Waals surface area contributed by atoms with Crippen molar-refractivity contribution < 1.29 is 4.79 Å². The molecule has 0 bridgehead atoms. The number of carbonyl (C=O) groups excluding carboxylic acids is 1. The van der Waals surface area contributed by atoms with Gasteiger partial charge in [0.25, 0.3) is 0 Å². The van der Waals surface area contributed by atoms with Crippen LogP contribution in [0.1, 0.15) is 30.0 Å². The molecule has 122 valence electrons. The van der Waals surface area contributed by atoms with Crippen LogP contribution in [0.2, 0.25) is 5.02 Å². The molecule has 2 aromatic rings. The van der Waals surface area contributed by atoms with Gasteiger partial charge in [0.05, 0.1) is 18.7 Å². The Hall–Kier alpha value is -1.43. The molecule has 6 heteroatoms. The molecule has 1 aliphatic heterocycles. The van der Waals surface area contributed by atoms with Gasteiger partial charge in [0.2, 0.25) is 5.91 Å². The number of carbonyl (C=O) groups is 1. The van der Waals surface area contributed by atoms with E-state index in [1.165, 1.54) is 19.3 Å². The standard InChI is InChI=1S/C17H20ClN3OS/c18-13-4-6-14(7-5-13)19-16(22)10-15-12-23-17(20-15)11-21-8-2-1-3-9-21/h4-7,12H,1-3,8-11H2,(H,19,22). The first-order chi connectivity index (χ1) is 11.2. The van der Waals surface area contributed by atoms with Crippen LogP contribution in [0.15, 0.2) is 29.6 Å². The minimum Gasteiger partial charge on any atom is -0.326 e. The van der Waals surface area contributed by atoms with Crippen LogP contribution < -0.4 is 5.32 Å². The van der Waals surface area contributed by atoms with Gasteiger partial charge in [0.15, 0.2) is 0 Å². The molecule has 1 fully saturated rings. The summed E-state index contributed by atoms with van der Waals surface area (Å²) in [4.78, 5) is 19.1. The Balaban J connectivity index is 1.51. The average molecular weight is 350 g/mol. The summed E-state index contributed by atoms with van der Waals surface area (Å²) < 4.78 is 0. The molecule has 1 aromatic carbocycles. The lowest BCUT2D eigenvalue weighted by Crippen LogP contribution is -2.29. The van der Waals surface area contributed by atoms with Crippen LogP contribution in [0.4, 0.5) is 5.69 Å². The number of rotatable bonds is 5. The predicted molar refractivity (Wildman–Crippen MR) is 95.0 cm³/mol. The van der Waals surface area contributed by atoms with Gasteiger partial charge in [-0.25, -0.2) is 4.98 Å². The Labute approximate surface area is 145 Å². The summed E-state index contributed by atoms with van der Waals surface area (Å²) in [5, 5.41) is 6.61. The molecule has 0 spiro atoms. The third kappa shape index (κ3) is 5.03. The van der Waals surface area contributed by atoms with Gasteiger partial charge < -0.3 is 5.32 Å². The second kappa shape index (κ2) is 7.90. The molecule has 1 N–H and O–H groups in total. The molecule has 2 heterocycles. The highest BCUT2D eigenvalue weighted by molar-refractivity contribution is 7.09. The Bertz CT molecular complexity index is 650. The lowest BCUT2D eigenvalue weighted by Gasteiger charge is -2.25. The molecule has 0 radical (unpaired) electrons. The second-order valence-electron chi connectivity index (χ2n) is 5.80. The number of hydrogen-bond acceptors (Lipinski definition) is 4. The monoisotopic (exact) mass is 349 g/mol. The van der Waals surface area contributed by atoms with Crippen LogP contribution in [-0.2, 0) is 17.8 Å². The quantitative estimate of drug-likeness (QED) is 0.888. The molecule has 3 rings (SSSR count). The van der Waals surface area contributed by atoms with Gasteiger partial charge in [-0.15, -0.1) is 11.3 Å². The van der Waals surface area contributed by atoms with Gasteiger partial charge in [-0.1, -0.05) is 18.0 Å². The van der Waals surface area contributed by atoms with Crippen molar-refractivity contribution in [2.45, 2.75) is 32.2 Å². The van der Waals surface area contributed by atoms with Gasteiger partial charge in [0, 0.05) is 16.1 Å². The van der Waals surface area contributed by atoms with Crippen molar-refractivity contribution >= 4 is 34.5 Å². The van der Waals surface area contributed by atoms with Crippen LogP contribution in [0, 0.1) is 0 Å². The summed E-state index contributed by atoms with van der Waals surface area (Å²) in [7, 11) is 0. The van der Waals surface area contributed by atoms with Gasteiger partial charge in [-0.2, -0.15) is 0 Å². The Morgan fingerprint density at radius 3 is 2.70 bits per heavy atom. The summed E-state index contributed by atoms with van der Waals surface area (Å²) in [5.41, 5.74) is 1.59. The number of piperidine rings is 1. The third-order valence-electron chi connectivity index (χ3n) is 3.88. The number of benzene rings is 1. The fraction of sp³-hybridized carbons (Fsp3) is 0.412. The van der Waals surface area contributed by atoms with Gasteiger partial charge in [-0.3, -0.25) is 9.69 Å². The molecular formula is C17H20ClN3OS. The van der Waals surface area contributed by atoms with E-state index in [1.54, 1.807) is 35.6 Å². The number of nitrogens with zero attached hydrogens (tertiary/aromatic N) is 2. The van der Waals surface area contributed by atoms with Crippen LogP contribution >= 0.6 is 22.9 Å². The average Bonchev–Trinajstić information content (AvgIpc) is 2.97. The van der Waals surface area contributed by atoms with E-state index in [0.29, 0.717) is 11.4 Å². The number of thiazole rings is 1. The van der Waals surface area contributed by atoms with Gasteiger partial charge in [-0.05, 0) is 50.2 Å². The zero-order valence-electron chi connectivity index (χ0n) is 12.9. The number of anilines is 1. The zero-order chi connectivity index (χ0) is 16.1. The first-order valence-electron chi connectivity index (χ1n) is 7.90. The molecule has 0 atom stereocenters. The fourth-order valence-corrected chi connectivity index (χ4v) is 3.68. The number of hydrogen-bond donors (Lipinski definition) is 1. The number of aromatic nitrogens is 1. The molecular weight excluding hydrogens is 330 g/mol. The molecule has 1 amide bonds. The lowest BCUT2D eigenvalue weighted by atomic mass is 10.1. The van der Waals surface area contributed by atoms with Crippen LogP contribution in [0.25, 0.3) is 0 Å². The summed E-state index contributed by atoms with van der Waals surface area (Å²) in [6, 6.07) is 7.11. The number of nitrogens with one attached hydrogen (secondary N) is 1. The highest BCUT2D eigenvalue weighted by Gasteiger charge is 2.13. The molecule has 0 saturated carbocycles. The van der Waals surface area contributed by atoms with Crippen LogP contribution in [0.3, 0.4) is 0 Å². The number of likely N-dealkylation sites (tertiary alicyclic amines) is 1. The van der Waals surface area contributed by atoms with Crippen molar-refractivity contribution in [3.8, 4) is 0 Å². The van der Waals surface area contributed by atoms with Crippen LogP contribution in [0.5, 0.6) is 0 Å². The van der Waals surface area contributed by atoms with E-state index in [1.807, 2.05) is 5.38 Å². The SMILES string of the molecule is O=C(Cc1csc(CN2CCCCC2)n1)Nc1ccc(Cl)cc1. The first-order valence-corrected chi connectivity index (χ1v) is 9.16. The Morgan fingerprint density at radius 2 is 1.96 bits per heavy atom. The molecule has 0 aliphatic carbocycles. The maximum Gasteiger partial charge on any atom is 0.230 e. The van der Waals surface area contributed by atoms with E-state index in [0.717, 1.165) is 36.0 Å². The number of halogens is 1. The molecule has 0 unspecified atom stereocenters. The van der Waals surface area contributed by atoms with E-state index in [2.05, 4.69) is 15.2 Å². The van der Waals surface area contributed by atoms with E-state index in [-0.39, 0.29) is 5.91 Å². The summed E-state index contributed by atoms with van der Waals surface area (Å²) in [5.74, 6) is -0.0536.